The van der Waals surface area contributed by atoms with E-state index >= 15 is 0 Å². The summed E-state index contributed by atoms with van der Waals surface area (Å²) in [6.45, 7) is 0. The number of Topliss-reactive ketones (excluding diaryl/α,β-unsaturated/α-hetero) is 1. The lowest BCUT2D eigenvalue weighted by atomic mass is 10.0. The summed E-state index contributed by atoms with van der Waals surface area (Å²) in [4.78, 5) is 25.9. The van der Waals surface area contributed by atoms with E-state index in [4.69, 9.17) is 11.6 Å². The first kappa shape index (κ1) is 19.7. The fourth-order valence-electron chi connectivity index (χ4n) is 2.40. The van der Waals surface area contributed by atoms with Gasteiger partial charge in [0.1, 0.15) is 11.5 Å². The number of benzene rings is 2. The maximum Gasteiger partial charge on any atom is 0.163 e. The largest absolute Gasteiger partial charge is 0.508 e. The van der Waals surface area contributed by atoms with E-state index in [1.807, 2.05) is 37.2 Å². The van der Waals surface area contributed by atoms with Crippen molar-refractivity contribution >= 4 is 34.9 Å². The van der Waals surface area contributed by atoms with Gasteiger partial charge in [-0.1, -0.05) is 29.8 Å². The number of allylic oxidation sites excluding steroid dienone is 1. The first-order valence-electron chi connectivity index (χ1n) is 8.32. The van der Waals surface area contributed by atoms with Crippen molar-refractivity contribution in [2.45, 2.75) is 19.3 Å². The number of aromatic hydroxyl groups is 1. The molecule has 0 unspecified atom stereocenters. The molecule has 2 aromatic rings. The van der Waals surface area contributed by atoms with E-state index in [0.29, 0.717) is 17.9 Å². The second-order valence-corrected chi connectivity index (χ2v) is 6.69. The minimum Gasteiger partial charge on any atom is -0.508 e. The van der Waals surface area contributed by atoms with E-state index in [2.05, 4.69) is 0 Å². The lowest BCUT2D eigenvalue weighted by Crippen LogP contribution is -2.08. The Kier molecular flexibility index (Phi) is 6.98. The van der Waals surface area contributed by atoms with Crippen LogP contribution >= 0.6 is 11.6 Å². The summed E-state index contributed by atoms with van der Waals surface area (Å²) in [5.74, 6) is -0.159. The molecule has 0 radical (unpaired) electrons. The van der Waals surface area contributed by atoms with E-state index in [1.54, 1.807) is 30.3 Å². The molecule has 1 N–H and O–H groups in total. The second-order valence-electron chi connectivity index (χ2n) is 6.28. The normalized spacial score (nSPS) is 10.9. The van der Waals surface area contributed by atoms with Crippen molar-refractivity contribution in [1.29, 1.82) is 0 Å². The summed E-state index contributed by atoms with van der Waals surface area (Å²) in [5, 5.41) is 9.79. The molecular weight excluding hydrogens is 350 g/mol. The van der Waals surface area contributed by atoms with Crippen LogP contribution in [0.1, 0.15) is 24.0 Å². The van der Waals surface area contributed by atoms with Crippen LogP contribution < -0.4 is 4.90 Å². The SMILES string of the molecule is CN(C)c1ccc(/C=C/C(=O)CC(=O)CCc2ccc(O)cc2)c(Cl)c1. The van der Waals surface area contributed by atoms with Gasteiger partial charge in [-0.2, -0.15) is 0 Å². The smallest absolute Gasteiger partial charge is 0.163 e. The number of anilines is 1. The fourth-order valence-corrected chi connectivity index (χ4v) is 2.64. The Hall–Kier alpha value is -2.59. The van der Waals surface area contributed by atoms with Crippen LogP contribution in [0.3, 0.4) is 0 Å². The number of ketones is 2. The Labute approximate surface area is 158 Å². The van der Waals surface area contributed by atoms with Crippen LogP contribution in [-0.4, -0.2) is 30.8 Å². The molecule has 2 aromatic carbocycles. The minimum absolute atomic E-state index is 0.109. The molecule has 0 heterocycles. The maximum atomic E-state index is 12.0. The van der Waals surface area contributed by atoms with Crippen molar-refractivity contribution in [3.05, 3.63) is 64.7 Å². The third kappa shape index (κ3) is 6.05. The lowest BCUT2D eigenvalue weighted by Gasteiger charge is -2.13. The van der Waals surface area contributed by atoms with E-state index in [9.17, 15) is 14.7 Å². The Bertz CT molecular complexity index is 811. The van der Waals surface area contributed by atoms with Crippen LogP contribution in [0.2, 0.25) is 5.02 Å². The third-order valence-corrected chi connectivity index (χ3v) is 4.28. The second kappa shape index (κ2) is 9.20. The number of hydrogen-bond acceptors (Lipinski definition) is 4. The molecule has 0 fully saturated rings. The number of phenols is 1. The lowest BCUT2D eigenvalue weighted by molar-refractivity contribution is -0.124. The molecule has 0 bridgehead atoms. The van der Waals surface area contributed by atoms with E-state index in [-0.39, 0.29) is 23.7 Å². The number of nitrogens with zero attached hydrogens (tertiary/aromatic N) is 1. The predicted molar refractivity (Wildman–Crippen MR) is 106 cm³/mol. The molecule has 0 aliphatic rings. The third-order valence-electron chi connectivity index (χ3n) is 3.95. The summed E-state index contributed by atoms with van der Waals surface area (Å²) in [6.07, 6.45) is 3.75. The number of rotatable bonds is 8. The van der Waals surface area contributed by atoms with Gasteiger partial charge in [-0.25, -0.2) is 0 Å². The maximum absolute atomic E-state index is 12.0. The molecule has 5 heteroatoms. The first-order valence-corrected chi connectivity index (χ1v) is 8.70. The van der Waals surface area contributed by atoms with E-state index < -0.39 is 0 Å². The molecule has 0 amide bonds. The van der Waals surface area contributed by atoms with Crippen LogP contribution in [0.15, 0.2) is 48.5 Å². The van der Waals surface area contributed by atoms with Crippen LogP contribution in [0.25, 0.3) is 6.08 Å². The van der Waals surface area contributed by atoms with Crippen LogP contribution in [0.5, 0.6) is 5.75 Å². The Morgan fingerprint density at radius 2 is 1.81 bits per heavy atom. The number of aryl methyl sites for hydroxylation is 1. The minimum atomic E-state index is -0.242. The Morgan fingerprint density at radius 3 is 2.42 bits per heavy atom. The van der Waals surface area contributed by atoms with Crippen molar-refractivity contribution in [1.82, 2.24) is 0 Å². The quantitative estimate of drug-likeness (QED) is 0.555. The number of halogens is 1. The van der Waals surface area contributed by atoms with Crippen LogP contribution in [0, 0.1) is 0 Å². The van der Waals surface area contributed by atoms with Gasteiger partial charge in [-0.15, -0.1) is 0 Å². The Morgan fingerprint density at radius 1 is 1.12 bits per heavy atom. The van der Waals surface area contributed by atoms with E-state index in [1.165, 1.54) is 6.08 Å². The highest BCUT2D eigenvalue weighted by molar-refractivity contribution is 6.32. The van der Waals surface area contributed by atoms with Gasteiger partial charge >= 0.3 is 0 Å². The highest BCUT2D eigenvalue weighted by atomic mass is 35.5. The average Bonchev–Trinajstić information content (AvgIpc) is 2.60. The van der Waals surface area contributed by atoms with Crippen LogP contribution in [0.4, 0.5) is 5.69 Å². The zero-order valence-corrected chi connectivity index (χ0v) is 15.7. The number of phenolic OH excluding ortho intramolecular Hbond substituents is 1. The summed E-state index contributed by atoms with van der Waals surface area (Å²) in [6, 6.07) is 12.3. The highest BCUT2D eigenvalue weighted by Gasteiger charge is 2.08. The van der Waals surface area contributed by atoms with E-state index in [0.717, 1.165) is 16.8 Å². The Balaban J connectivity index is 1.86. The van der Waals surface area contributed by atoms with Crippen molar-refractivity contribution < 1.29 is 14.7 Å². The zero-order valence-electron chi connectivity index (χ0n) is 14.9. The number of carbonyl (C=O) groups excluding carboxylic acids is 2. The first-order chi connectivity index (χ1) is 12.3. The molecule has 26 heavy (non-hydrogen) atoms. The molecule has 0 saturated heterocycles. The van der Waals surface area contributed by atoms with Gasteiger partial charge in [0, 0.05) is 31.2 Å². The number of carbonyl (C=O) groups is 2. The molecule has 4 nitrogen and oxygen atoms in total. The van der Waals surface area contributed by atoms with Gasteiger partial charge in [-0.05, 0) is 54.0 Å². The molecular formula is C21H22ClNO3. The number of hydrogen-bond donors (Lipinski definition) is 1. The molecule has 0 aliphatic carbocycles. The molecule has 0 spiro atoms. The van der Waals surface area contributed by atoms with Gasteiger partial charge in [0.2, 0.25) is 0 Å². The van der Waals surface area contributed by atoms with Gasteiger partial charge in [-0.3, -0.25) is 9.59 Å². The topological polar surface area (TPSA) is 57.6 Å². The van der Waals surface area contributed by atoms with Gasteiger partial charge in [0.05, 0.1) is 6.42 Å². The highest BCUT2D eigenvalue weighted by Crippen LogP contribution is 2.23. The monoisotopic (exact) mass is 371 g/mol. The van der Waals surface area contributed by atoms with Gasteiger partial charge < -0.3 is 10.0 Å². The molecule has 0 aliphatic heterocycles. The standard InChI is InChI=1S/C21H22ClNO3/c1-23(2)17-8-6-16(21(22)13-17)7-12-20(26)14-19(25)11-5-15-3-9-18(24)10-4-15/h3-4,6-10,12-13,24H,5,11,14H2,1-2H3/b12-7+. The zero-order chi connectivity index (χ0) is 19.1. The van der Waals surface area contributed by atoms with Gasteiger partial charge in [0.15, 0.2) is 5.78 Å². The summed E-state index contributed by atoms with van der Waals surface area (Å²) < 4.78 is 0. The van der Waals surface area contributed by atoms with Crippen molar-refractivity contribution in [3.63, 3.8) is 0 Å². The molecule has 2 rings (SSSR count). The fraction of sp³-hybridized carbons (Fsp3) is 0.238. The molecule has 0 atom stereocenters. The van der Waals surface area contributed by atoms with Crippen molar-refractivity contribution in [3.8, 4) is 5.75 Å². The predicted octanol–water partition coefficient (Wildman–Crippen LogP) is 4.29. The van der Waals surface area contributed by atoms with Gasteiger partial charge in [0.25, 0.3) is 0 Å². The van der Waals surface area contributed by atoms with Crippen molar-refractivity contribution in [2.24, 2.45) is 0 Å². The summed E-state index contributed by atoms with van der Waals surface area (Å²) in [5.41, 5.74) is 2.66. The van der Waals surface area contributed by atoms with Crippen LogP contribution in [-0.2, 0) is 16.0 Å². The summed E-state index contributed by atoms with van der Waals surface area (Å²) >= 11 is 6.22. The molecule has 136 valence electrons. The summed E-state index contributed by atoms with van der Waals surface area (Å²) in [7, 11) is 3.85. The molecule has 0 saturated carbocycles. The molecule has 0 aromatic heterocycles. The average molecular weight is 372 g/mol. The van der Waals surface area contributed by atoms with Crippen molar-refractivity contribution in [2.75, 3.05) is 19.0 Å².